The average Bonchev–Trinajstić information content (AvgIpc) is 3.17. The molecule has 21 heavy (non-hydrogen) atoms. The number of benzene rings is 1. The Balaban J connectivity index is 1.77. The number of aromatic nitrogens is 3. The van der Waals surface area contributed by atoms with Gasteiger partial charge in [-0.25, -0.2) is 9.67 Å². The second kappa shape index (κ2) is 5.97. The van der Waals surface area contributed by atoms with Crippen LogP contribution in [0.5, 0.6) is 0 Å². The van der Waals surface area contributed by atoms with E-state index in [1.54, 1.807) is 11.0 Å². The number of carbonyl (C=O) groups is 1. The van der Waals surface area contributed by atoms with Gasteiger partial charge in [-0.15, -0.1) is 0 Å². The van der Waals surface area contributed by atoms with Crippen LogP contribution in [0.3, 0.4) is 0 Å². The number of amides is 1. The van der Waals surface area contributed by atoms with Gasteiger partial charge in [0.2, 0.25) is 5.91 Å². The highest BCUT2D eigenvalue weighted by atomic mass is 79.9. The predicted molar refractivity (Wildman–Crippen MR) is 82.4 cm³/mol. The molecule has 5 nitrogen and oxygen atoms in total. The zero-order chi connectivity index (χ0) is 14.8. The third-order valence-corrected chi connectivity index (χ3v) is 4.20. The molecule has 1 fully saturated rings. The highest BCUT2D eigenvalue weighted by Gasteiger charge is 2.35. The molecule has 0 radical (unpaired) electrons. The number of halogens is 1. The normalized spacial score (nSPS) is 15.7. The minimum absolute atomic E-state index is 0.1000. The van der Waals surface area contributed by atoms with Crippen molar-refractivity contribution >= 4 is 21.8 Å². The summed E-state index contributed by atoms with van der Waals surface area (Å²) in [5.41, 5.74) is 1.13. The molecule has 1 amide bonds. The van der Waals surface area contributed by atoms with Gasteiger partial charge in [-0.05, 0) is 37.5 Å². The summed E-state index contributed by atoms with van der Waals surface area (Å²) in [6.07, 6.45) is 5.22. The van der Waals surface area contributed by atoms with Gasteiger partial charge in [-0.2, -0.15) is 5.10 Å². The van der Waals surface area contributed by atoms with Crippen LogP contribution in [0, 0.1) is 0 Å². The van der Waals surface area contributed by atoms with Gasteiger partial charge in [-0.1, -0.05) is 28.1 Å². The molecule has 0 bridgehead atoms. The molecule has 1 aromatic heterocycles. The molecule has 1 heterocycles. The Morgan fingerprint density at radius 2 is 2.33 bits per heavy atom. The van der Waals surface area contributed by atoms with Gasteiger partial charge in [0.05, 0.1) is 0 Å². The van der Waals surface area contributed by atoms with Gasteiger partial charge in [-0.3, -0.25) is 4.79 Å². The minimum atomic E-state index is -0.319. The van der Waals surface area contributed by atoms with Crippen molar-refractivity contribution in [1.29, 1.82) is 0 Å². The Morgan fingerprint density at radius 3 is 2.95 bits per heavy atom. The van der Waals surface area contributed by atoms with Crippen molar-refractivity contribution in [3.05, 3.63) is 47.0 Å². The summed E-state index contributed by atoms with van der Waals surface area (Å²) < 4.78 is 2.64. The van der Waals surface area contributed by atoms with Gasteiger partial charge < -0.3 is 4.90 Å². The van der Waals surface area contributed by atoms with Crippen LogP contribution in [0.15, 0.2) is 41.4 Å². The van der Waals surface area contributed by atoms with E-state index in [1.165, 1.54) is 6.33 Å². The van der Waals surface area contributed by atoms with Crippen molar-refractivity contribution in [3.63, 3.8) is 0 Å². The van der Waals surface area contributed by atoms with Crippen LogP contribution in [-0.4, -0.2) is 31.6 Å². The third-order valence-electron chi connectivity index (χ3n) is 3.70. The average molecular weight is 349 g/mol. The summed E-state index contributed by atoms with van der Waals surface area (Å²) in [5, 5.41) is 4.07. The lowest BCUT2D eigenvalue weighted by molar-refractivity contribution is -0.135. The van der Waals surface area contributed by atoms with E-state index in [0.29, 0.717) is 12.6 Å². The summed E-state index contributed by atoms with van der Waals surface area (Å²) in [7, 11) is 0. The maximum absolute atomic E-state index is 12.7. The topological polar surface area (TPSA) is 51.0 Å². The molecule has 1 aromatic carbocycles. The molecule has 0 unspecified atom stereocenters. The lowest BCUT2D eigenvalue weighted by atomic mass is 10.2. The van der Waals surface area contributed by atoms with E-state index in [1.807, 2.05) is 30.0 Å². The quantitative estimate of drug-likeness (QED) is 0.834. The fraction of sp³-hybridized carbons (Fsp3) is 0.400. The van der Waals surface area contributed by atoms with Gasteiger partial charge in [0.15, 0.2) is 0 Å². The van der Waals surface area contributed by atoms with E-state index in [2.05, 4.69) is 32.1 Å². The molecule has 3 rings (SSSR count). The van der Waals surface area contributed by atoms with Crippen LogP contribution in [0.1, 0.15) is 31.4 Å². The smallest absolute Gasteiger partial charge is 0.247 e. The molecule has 2 aromatic rings. The zero-order valence-corrected chi connectivity index (χ0v) is 13.4. The Labute approximate surface area is 132 Å². The summed E-state index contributed by atoms with van der Waals surface area (Å²) in [5.74, 6) is 0.1000. The first-order chi connectivity index (χ1) is 10.1. The fourth-order valence-electron chi connectivity index (χ4n) is 2.38. The first-order valence-electron chi connectivity index (χ1n) is 7.04. The molecule has 6 heteroatoms. The number of carbonyl (C=O) groups excluding carboxylic acids is 1. The van der Waals surface area contributed by atoms with E-state index < -0.39 is 0 Å². The van der Waals surface area contributed by atoms with Gasteiger partial charge >= 0.3 is 0 Å². The number of nitrogens with zero attached hydrogens (tertiary/aromatic N) is 4. The monoisotopic (exact) mass is 348 g/mol. The van der Waals surface area contributed by atoms with Crippen LogP contribution in [-0.2, 0) is 11.3 Å². The minimum Gasteiger partial charge on any atom is -0.334 e. The highest BCUT2D eigenvalue weighted by molar-refractivity contribution is 9.10. The summed E-state index contributed by atoms with van der Waals surface area (Å²) >= 11 is 3.48. The van der Waals surface area contributed by atoms with Crippen molar-refractivity contribution in [2.45, 2.75) is 38.4 Å². The molecular weight excluding hydrogens is 332 g/mol. The Morgan fingerprint density at radius 1 is 1.52 bits per heavy atom. The van der Waals surface area contributed by atoms with Crippen LogP contribution >= 0.6 is 15.9 Å². The molecule has 1 aliphatic rings. The van der Waals surface area contributed by atoms with E-state index in [4.69, 9.17) is 0 Å². The van der Waals surface area contributed by atoms with Crippen LogP contribution in [0.25, 0.3) is 0 Å². The van der Waals surface area contributed by atoms with Crippen molar-refractivity contribution in [1.82, 2.24) is 19.7 Å². The van der Waals surface area contributed by atoms with Gasteiger partial charge in [0.25, 0.3) is 0 Å². The first kappa shape index (κ1) is 14.3. The lowest BCUT2D eigenvalue weighted by Gasteiger charge is -2.26. The predicted octanol–water partition coefficient (Wildman–Crippen LogP) is 2.79. The molecule has 0 spiro atoms. The maximum atomic E-state index is 12.7. The second-order valence-electron chi connectivity index (χ2n) is 5.38. The second-order valence-corrected chi connectivity index (χ2v) is 6.29. The number of hydrogen-bond acceptors (Lipinski definition) is 3. The van der Waals surface area contributed by atoms with Gasteiger partial charge in [0.1, 0.15) is 18.7 Å². The molecule has 0 saturated heterocycles. The van der Waals surface area contributed by atoms with E-state index in [-0.39, 0.29) is 11.9 Å². The van der Waals surface area contributed by atoms with E-state index in [9.17, 15) is 4.79 Å². The molecular formula is C15H17BrN4O. The lowest BCUT2D eigenvalue weighted by Crippen LogP contribution is -2.37. The largest absolute Gasteiger partial charge is 0.334 e. The van der Waals surface area contributed by atoms with Crippen LogP contribution in [0.2, 0.25) is 0 Å². The summed E-state index contributed by atoms with van der Waals surface area (Å²) in [6.45, 7) is 2.51. The fourth-order valence-corrected chi connectivity index (χ4v) is 2.82. The van der Waals surface area contributed by atoms with Crippen molar-refractivity contribution in [2.75, 3.05) is 0 Å². The van der Waals surface area contributed by atoms with E-state index in [0.717, 1.165) is 22.9 Å². The Hall–Kier alpha value is -1.69. The molecule has 1 saturated carbocycles. The SMILES string of the molecule is C[C@@H](C(=O)N(Cc1cccc(Br)c1)C1CC1)n1cncn1. The van der Waals surface area contributed by atoms with Crippen molar-refractivity contribution < 1.29 is 4.79 Å². The number of rotatable bonds is 5. The maximum Gasteiger partial charge on any atom is 0.247 e. The van der Waals surface area contributed by atoms with Crippen molar-refractivity contribution in [2.24, 2.45) is 0 Å². The van der Waals surface area contributed by atoms with E-state index >= 15 is 0 Å². The van der Waals surface area contributed by atoms with Crippen LogP contribution < -0.4 is 0 Å². The van der Waals surface area contributed by atoms with Crippen molar-refractivity contribution in [3.8, 4) is 0 Å². The molecule has 110 valence electrons. The zero-order valence-electron chi connectivity index (χ0n) is 11.8. The summed E-state index contributed by atoms with van der Waals surface area (Å²) in [4.78, 5) is 18.6. The highest BCUT2D eigenvalue weighted by Crippen LogP contribution is 2.30. The Bertz CT molecular complexity index is 624. The molecule has 1 aliphatic carbocycles. The molecule has 0 N–H and O–H groups in total. The number of hydrogen-bond donors (Lipinski definition) is 0. The standard InChI is InChI=1S/C15H17BrN4O/c1-11(20-10-17-9-18-20)15(21)19(14-5-6-14)8-12-3-2-4-13(16)7-12/h2-4,7,9-11,14H,5-6,8H2,1H3/t11-/m0/s1. The third kappa shape index (κ3) is 3.32. The Kier molecular flexibility index (Phi) is 4.05. The molecule has 0 aliphatic heterocycles. The van der Waals surface area contributed by atoms with Gasteiger partial charge in [0, 0.05) is 17.1 Å². The first-order valence-corrected chi connectivity index (χ1v) is 7.83. The summed E-state index contributed by atoms with van der Waals surface area (Å²) in [6, 6.07) is 8.14. The molecule has 1 atom stereocenters. The van der Waals surface area contributed by atoms with Crippen LogP contribution in [0.4, 0.5) is 0 Å².